The SMILES string of the molecule is CCn1c(C(C)N(CCN(C)C)C(=O)c2cccc(OC)c2)nc2cc(Cl)ccc2c1=O. The summed E-state index contributed by atoms with van der Waals surface area (Å²) in [7, 11) is 5.48. The molecule has 1 aromatic heterocycles. The van der Waals surface area contributed by atoms with Crippen molar-refractivity contribution in [2.75, 3.05) is 34.3 Å². The summed E-state index contributed by atoms with van der Waals surface area (Å²) in [4.78, 5) is 35.3. The van der Waals surface area contributed by atoms with E-state index in [9.17, 15) is 9.59 Å². The van der Waals surface area contributed by atoms with E-state index in [0.717, 1.165) is 0 Å². The molecule has 0 fully saturated rings. The number of halogens is 1. The molecule has 7 nitrogen and oxygen atoms in total. The molecule has 3 rings (SSSR count). The first kappa shape index (κ1) is 23.8. The summed E-state index contributed by atoms with van der Waals surface area (Å²) in [5.41, 5.74) is 0.900. The van der Waals surface area contributed by atoms with Crippen molar-refractivity contribution >= 4 is 28.4 Å². The highest BCUT2D eigenvalue weighted by atomic mass is 35.5. The summed E-state index contributed by atoms with van der Waals surface area (Å²) in [6.07, 6.45) is 0. The van der Waals surface area contributed by atoms with Crippen molar-refractivity contribution < 1.29 is 9.53 Å². The van der Waals surface area contributed by atoms with Gasteiger partial charge in [0.2, 0.25) is 0 Å². The molecule has 170 valence electrons. The molecule has 8 heteroatoms. The predicted molar refractivity (Wildman–Crippen MR) is 128 cm³/mol. The zero-order chi connectivity index (χ0) is 23.4. The lowest BCUT2D eigenvalue weighted by Gasteiger charge is -2.31. The van der Waals surface area contributed by atoms with Crippen LogP contribution in [0.2, 0.25) is 5.02 Å². The molecule has 0 aliphatic heterocycles. The van der Waals surface area contributed by atoms with Gasteiger partial charge in [-0.2, -0.15) is 0 Å². The summed E-state index contributed by atoms with van der Waals surface area (Å²) in [5.74, 6) is 0.989. The lowest BCUT2D eigenvalue weighted by Crippen LogP contribution is -2.41. The van der Waals surface area contributed by atoms with E-state index in [1.807, 2.05) is 32.8 Å². The summed E-state index contributed by atoms with van der Waals surface area (Å²) >= 11 is 6.15. The van der Waals surface area contributed by atoms with Gasteiger partial charge in [0, 0.05) is 30.2 Å². The van der Waals surface area contributed by atoms with Gasteiger partial charge in [-0.3, -0.25) is 14.2 Å². The van der Waals surface area contributed by atoms with Gasteiger partial charge in [0.25, 0.3) is 11.5 Å². The van der Waals surface area contributed by atoms with Crippen LogP contribution >= 0.6 is 11.6 Å². The molecule has 1 heterocycles. The number of rotatable bonds is 8. The number of likely N-dealkylation sites (N-methyl/N-ethyl adjacent to an activating group) is 1. The minimum Gasteiger partial charge on any atom is -0.497 e. The number of aromatic nitrogens is 2. The number of carbonyl (C=O) groups excluding carboxylic acids is 1. The number of carbonyl (C=O) groups is 1. The quantitative estimate of drug-likeness (QED) is 0.515. The summed E-state index contributed by atoms with van der Waals surface area (Å²) in [6, 6.07) is 11.7. The monoisotopic (exact) mass is 456 g/mol. The summed E-state index contributed by atoms with van der Waals surface area (Å²) in [6.45, 7) is 5.37. The minimum absolute atomic E-state index is 0.141. The van der Waals surface area contributed by atoms with Crippen LogP contribution in [0.25, 0.3) is 10.9 Å². The molecule has 0 radical (unpaired) electrons. The zero-order valence-corrected chi connectivity index (χ0v) is 19.9. The average Bonchev–Trinajstić information content (AvgIpc) is 2.78. The molecule has 0 aliphatic rings. The lowest BCUT2D eigenvalue weighted by molar-refractivity contribution is 0.0664. The predicted octanol–water partition coefficient (Wildman–Crippen LogP) is 3.84. The van der Waals surface area contributed by atoms with Crippen LogP contribution in [-0.2, 0) is 6.54 Å². The molecule has 0 aliphatic carbocycles. The Hall–Kier alpha value is -2.90. The van der Waals surface area contributed by atoms with Crippen LogP contribution in [0.1, 0.15) is 36.1 Å². The zero-order valence-electron chi connectivity index (χ0n) is 19.1. The second-order valence-corrected chi connectivity index (χ2v) is 8.33. The van der Waals surface area contributed by atoms with Crippen LogP contribution in [0.5, 0.6) is 5.75 Å². The molecule has 1 unspecified atom stereocenters. The molecular formula is C24H29ClN4O3. The molecule has 1 atom stereocenters. The summed E-state index contributed by atoms with van der Waals surface area (Å²) < 4.78 is 6.92. The molecule has 1 amide bonds. The van der Waals surface area contributed by atoms with Crippen molar-refractivity contribution in [3.63, 3.8) is 0 Å². The number of ether oxygens (including phenoxy) is 1. The van der Waals surface area contributed by atoms with Gasteiger partial charge in [0.05, 0.1) is 24.1 Å². The number of nitrogens with zero attached hydrogens (tertiary/aromatic N) is 4. The molecule has 0 saturated carbocycles. The first-order valence-corrected chi connectivity index (χ1v) is 10.9. The number of amides is 1. The average molecular weight is 457 g/mol. The largest absolute Gasteiger partial charge is 0.497 e. The fourth-order valence-corrected chi connectivity index (χ4v) is 3.84. The number of fused-ring (bicyclic) bond motifs is 1. The number of benzene rings is 2. The Balaban J connectivity index is 2.11. The number of hydrogen-bond acceptors (Lipinski definition) is 5. The summed E-state index contributed by atoms with van der Waals surface area (Å²) in [5, 5.41) is 1.01. The van der Waals surface area contributed by atoms with E-state index < -0.39 is 6.04 Å². The first-order chi connectivity index (χ1) is 15.3. The van der Waals surface area contributed by atoms with Crippen LogP contribution in [0, 0.1) is 0 Å². The van der Waals surface area contributed by atoms with E-state index in [2.05, 4.69) is 0 Å². The van der Waals surface area contributed by atoms with Crippen molar-refractivity contribution in [3.8, 4) is 5.75 Å². The van der Waals surface area contributed by atoms with E-state index in [-0.39, 0.29) is 11.5 Å². The normalized spacial score (nSPS) is 12.2. The Morgan fingerprint density at radius 1 is 1.19 bits per heavy atom. The first-order valence-electron chi connectivity index (χ1n) is 10.6. The topological polar surface area (TPSA) is 67.7 Å². The molecule has 0 saturated heterocycles. The van der Waals surface area contributed by atoms with E-state index >= 15 is 0 Å². The van der Waals surface area contributed by atoms with Crippen molar-refractivity contribution in [1.29, 1.82) is 0 Å². The van der Waals surface area contributed by atoms with Gasteiger partial charge in [-0.1, -0.05) is 17.7 Å². The van der Waals surface area contributed by atoms with Gasteiger partial charge in [-0.15, -0.1) is 0 Å². The highest BCUT2D eigenvalue weighted by Gasteiger charge is 2.27. The highest BCUT2D eigenvalue weighted by molar-refractivity contribution is 6.31. The molecular weight excluding hydrogens is 428 g/mol. The van der Waals surface area contributed by atoms with Crippen LogP contribution in [0.3, 0.4) is 0 Å². The van der Waals surface area contributed by atoms with Gasteiger partial charge in [0.15, 0.2) is 0 Å². The molecule has 32 heavy (non-hydrogen) atoms. The van der Waals surface area contributed by atoms with Gasteiger partial charge >= 0.3 is 0 Å². The smallest absolute Gasteiger partial charge is 0.261 e. The van der Waals surface area contributed by atoms with Crippen LogP contribution in [-0.4, -0.2) is 59.6 Å². The maximum Gasteiger partial charge on any atom is 0.261 e. The maximum atomic E-state index is 13.6. The molecule has 2 aromatic carbocycles. The maximum absolute atomic E-state index is 13.6. The van der Waals surface area contributed by atoms with Crippen molar-refractivity contribution in [2.45, 2.75) is 26.4 Å². The van der Waals surface area contributed by atoms with Gasteiger partial charge in [-0.25, -0.2) is 4.98 Å². The van der Waals surface area contributed by atoms with E-state index in [1.165, 1.54) is 0 Å². The highest BCUT2D eigenvalue weighted by Crippen LogP contribution is 2.24. The van der Waals surface area contributed by atoms with E-state index in [4.69, 9.17) is 21.3 Å². The second kappa shape index (κ2) is 10.1. The molecule has 0 bridgehead atoms. The van der Waals surface area contributed by atoms with Crippen molar-refractivity contribution in [2.24, 2.45) is 0 Å². The van der Waals surface area contributed by atoms with Crippen molar-refractivity contribution in [3.05, 3.63) is 69.2 Å². The third-order valence-electron chi connectivity index (χ3n) is 5.47. The third-order valence-corrected chi connectivity index (χ3v) is 5.71. The van der Waals surface area contributed by atoms with Crippen molar-refractivity contribution in [1.82, 2.24) is 19.4 Å². The third kappa shape index (κ3) is 4.95. The lowest BCUT2D eigenvalue weighted by atomic mass is 10.1. The van der Waals surface area contributed by atoms with Crippen LogP contribution in [0.4, 0.5) is 0 Å². The Kier molecular flexibility index (Phi) is 7.53. The standard InChI is InChI=1S/C24H29ClN4O3/c1-6-28-22(26-21-15-18(25)10-11-20(21)24(28)31)16(2)29(13-12-27(3)4)23(30)17-8-7-9-19(14-17)32-5/h7-11,14-16H,6,12-13H2,1-5H3. The molecule has 0 N–H and O–H groups in total. The molecule has 0 spiro atoms. The van der Waals surface area contributed by atoms with Crippen LogP contribution in [0.15, 0.2) is 47.3 Å². The Bertz CT molecular complexity index is 1180. The molecule has 3 aromatic rings. The van der Waals surface area contributed by atoms with Gasteiger partial charge < -0.3 is 14.5 Å². The van der Waals surface area contributed by atoms with Crippen LogP contribution < -0.4 is 10.3 Å². The number of methoxy groups -OCH3 is 1. The Morgan fingerprint density at radius 3 is 2.59 bits per heavy atom. The van der Waals surface area contributed by atoms with Gasteiger partial charge in [0.1, 0.15) is 11.6 Å². The fraction of sp³-hybridized carbons (Fsp3) is 0.375. The second-order valence-electron chi connectivity index (χ2n) is 7.89. The fourth-order valence-electron chi connectivity index (χ4n) is 3.68. The van der Waals surface area contributed by atoms with Gasteiger partial charge in [-0.05, 0) is 64.3 Å². The number of hydrogen-bond donors (Lipinski definition) is 0. The Labute approximate surface area is 193 Å². The van der Waals surface area contributed by atoms with E-state index in [0.29, 0.717) is 52.7 Å². The minimum atomic E-state index is -0.440. The van der Waals surface area contributed by atoms with E-state index in [1.54, 1.807) is 59.0 Å². The Morgan fingerprint density at radius 2 is 1.94 bits per heavy atom.